The molecule has 0 unspecified atom stereocenters. The van der Waals surface area contributed by atoms with Crippen molar-refractivity contribution in [1.82, 2.24) is 4.98 Å². The highest BCUT2D eigenvalue weighted by Gasteiger charge is 2.61. The lowest BCUT2D eigenvalue weighted by Crippen LogP contribution is -2.46. The van der Waals surface area contributed by atoms with Crippen LogP contribution in [0.3, 0.4) is 0 Å². The van der Waals surface area contributed by atoms with E-state index in [9.17, 15) is 22.0 Å². The lowest BCUT2D eigenvalue weighted by molar-refractivity contribution is -0.215. The Balaban J connectivity index is 1.78. The fourth-order valence-electron chi connectivity index (χ4n) is 3.94. The van der Waals surface area contributed by atoms with Gasteiger partial charge in [-0.25, -0.2) is 18.6 Å². The number of nitrogens with two attached hydrogens (primary N) is 1. The van der Waals surface area contributed by atoms with E-state index in [0.717, 1.165) is 30.1 Å². The first kappa shape index (κ1) is 23.5. The van der Waals surface area contributed by atoms with Gasteiger partial charge in [0.1, 0.15) is 17.1 Å². The van der Waals surface area contributed by atoms with E-state index in [4.69, 9.17) is 28.6 Å². The summed E-state index contributed by atoms with van der Waals surface area (Å²) in [6.07, 6.45) is -4.65. The van der Waals surface area contributed by atoms with Crippen molar-refractivity contribution in [2.75, 3.05) is 12.4 Å². The van der Waals surface area contributed by atoms with Crippen molar-refractivity contribution in [2.24, 2.45) is 16.6 Å². The fraction of sp³-hybridized carbons (Fsp3) is 0.286. The molecular weight excluding hydrogens is 487 g/mol. The molecule has 3 heterocycles. The van der Waals surface area contributed by atoms with Crippen LogP contribution in [0.25, 0.3) is 16.7 Å². The second kappa shape index (κ2) is 8.59. The zero-order valence-corrected chi connectivity index (χ0v) is 18.1. The third-order valence-electron chi connectivity index (χ3n) is 5.44. The SMILES string of the molecule is [C-]#[N+]c1cnc(/C(F)=C/c2ccc(F)c([C@]34CO[C@H](C(F)(F)F)[C@H]3CSC(N)=N4)c2)c(Cl)c1. The molecule has 1 fully saturated rings. The molecule has 1 saturated heterocycles. The Kier molecular flexibility index (Phi) is 6.11. The summed E-state index contributed by atoms with van der Waals surface area (Å²) >= 11 is 6.93. The minimum atomic E-state index is -4.67. The molecule has 2 N–H and O–H groups in total. The topological polar surface area (TPSA) is 64.9 Å². The van der Waals surface area contributed by atoms with E-state index in [1.165, 1.54) is 18.2 Å². The molecule has 0 bridgehead atoms. The molecule has 172 valence electrons. The van der Waals surface area contributed by atoms with Crippen molar-refractivity contribution in [2.45, 2.75) is 17.8 Å². The Morgan fingerprint density at radius 3 is 2.79 bits per heavy atom. The van der Waals surface area contributed by atoms with E-state index < -0.39 is 42.0 Å². The van der Waals surface area contributed by atoms with Crippen LogP contribution < -0.4 is 5.73 Å². The summed E-state index contributed by atoms with van der Waals surface area (Å²) in [5.41, 5.74) is 3.95. The number of amidine groups is 1. The van der Waals surface area contributed by atoms with E-state index >= 15 is 0 Å². The quantitative estimate of drug-likeness (QED) is 0.432. The maximum absolute atomic E-state index is 14.9. The monoisotopic (exact) mass is 500 g/mol. The minimum absolute atomic E-state index is 0.0140. The summed E-state index contributed by atoms with van der Waals surface area (Å²) in [4.78, 5) is 11.2. The maximum atomic E-state index is 14.9. The van der Waals surface area contributed by atoms with Crippen molar-refractivity contribution in [3.63, 3.8) is 0 Å². The van der Waals surface area contributed by atoms with Crippen molar-refractivity contribution in [3.05, 3.63) is 69.5 Å². The number of benzene rings is 1. The first-order chi connectivity index (χ1) is 15.5. The number of aliphatic imine (C=N–C) groups is 1. The van der Waals surface area contributed by atoms with Gasteiger partial charge in [0.05, 0.1) is 18.2 Å². The van der Waals surface area contributed by atoms with Crippen molar-refractivity contribution >= 4 is 46.1 Å². The highest BCUT2D eigenvalue weighted by molar-refractivity contribution is 8.13. The third kappa shape index (κ3) is 4.30. The Morgan fingerprint density at radius 2 is 2.12 bits per heavy atom. The average Bonchev–Trinajstić information content (AvgIpc) is 3.14. The molecule has 33 heavy (non-hydrogen) atoms. The van der Waals surface area contributed by atoms with Crippen LogP contribution in [-0.4, -0.2) is 34.8 Å². The van der Waals surface area contributed by atoms with Gasteiger partial charge >= 0.3 is 6.18 Å². The number of pyridine rings is 1. The molecule has 2 aliphatic heterocycles. The van der Waals surface area contributed by atoms with E-state index in [-0.39, 0.29) is 38.5 Å². The normalized spacial score (nSPS) is 25.4. The van der Waals surface area contributed by atoms with Crippen molar-refractivity contribution in [3.8, 4) is 0 Å². The van der Waals surface area contributed by atoms with E-state index in [1.807, 2.05) is 0 Å². The van der Waals surface area contributed by atoms with Gasteiger partial charge in [0.2, 0.25) is 5.69 Å². The Hall–Kier alpha value is -2.68. The summed E-state index contributed by atoms with van der Waals surface area (Å²) < 4.78 is 75.4. The van der Waals surface area contributed by atoms with Crippen LogP contribution in [0.5, 0.6) is 0 Å². The zero-order chi connectivity index (χ0) is 24.0. The van der Waals surface area contributed by atoms with Gasteiger partial charge in [-0.15, -0.1) is 0 Å². The first-order valence-electron chi connectivity index (χ1n) is 9.42. The maximum Gasteiger partial charge on any atom is 0.415 e. The highest BCUT2D eigenvalue weighted by atomic mass is 35.5. The predicted molar refractivity (Wildman–Crippen MR) is 116 cm³/mol. The molecule has 0 radical (unpaired) electrons. The molecule has 0 saturated carbocycles. The molecule has 2 aromatic rings. The summed E-state index contributed by atoms with van der Waals surface area (Å²) in [7, 11) is 0. The number of nitrogens with zero attached hydrogens (tertiary/aromatic N) is 3. The van der Waals surface area contributed by atoms with Gasteiger partial charge in [-0.3, -0.25) is 4.98 Å². The number of alkyl halides is 3. The lowest BCUT2D eigenvalue weighted by atomic mass is 9.78. The van der Waals surface area contributed by atoms with Gasteiger partial charge in [0, 0.05) is 23.4 Å². The van der Waals surface area contributed by atoms with Gasteiger partial charge in [-0.2, -0.15) is 13.2 Å². The highest BCUT2D eigenvalue weighted by Crippen LogP contribution is 2.51. The van der Waals surface area contributed by atoms with Crippen molar-refractivity contribution in [1.29, 1.82) is 0 Å². The molecule has 1 aromatic carbocycles. The van der Waals surface area contributed by atoms with Gasteiger partial charge in [0.15, 0.2) is 17.1 Å². The van der Waals surface area contributed by atoms with E-state index in [1.54, 1.807) is 0 Å². The van der Waals surface area contributed by atoms with Crippen LogP contribution in [0.1, 0.15) is 16.8 Å². The van der Waals surface area contributed by atoms with Crippen molar-refractivity contribution < 1.29 is 26.7 Å². The van der Waals surface area contributed by atoms with Gasteiger partial charge in [-0.1, -0.05) is 29.4 Å². The Bertz CT molecular complexity index is 1210. The number of aromatic nitrogens is 1. The number of fused-ring (bicyclic) bond motifs is 1. The molecule has 0 aliphatic carbocycles. The smallest absolute Gasteiger partial charge is 0.379 e. The van der Waals surface area contributed by atoms with Gasteiger partial charge < -0.3 is 10.5 Å². The van der Waals surface area contributed by atoms with Crippen LogP contribution in [0, 0.1) is 18.3 Å². The van der Waals surface area contributed by atoms with Crippen LogP contribution in [0.15, 0.2) is 35.5 Å². The minimum Gasteiger partial charge on any atom is -0.379 e. The van der Waals surface area contributed by atoms with Crippen LogP contribution >= 0.6 is 23.4 Å². The third-order valence-corrected chi connectivity index (χ3v) is 6.64. The Morgan fingerprint density at radius 1 is 1.36 bits per heavy atom. The number of thioether (sulfide) groups is 1. The zero-order valence-electron chi connectivity index (χ0n) is 16.5. The second-order valence-corrected chi connectivity index (χ2v) is 8.88. The first-order valence-corrected chi connectivity index (χ1v) is 10.8. The predicted octanol–water partition coefficient (Wildman–Crippen LogP) is 5.73. The largest absolute Gasteiger partial charge is 0.415 e. The molecule has 2 aliphatic rings. The molecule has 12 heteroatoms. The molecule has 4 rings (SSSR count). The van der Waals surface area contributed by atoms with E-state index in [2.05, 4.69) is 14.8 Å². The van der Waals surface area contributed by atoms with Gasteiger partial charge in [-0.05, 0) is 29.8 Å². The molecule has 5 nitrogen and oxygen atoms in total. The molecule has 0 spiro atoms. The molecule has 3 atom stereocenters. The number of hydrogen-bond acceptors (Lipinski definition) is 5. The molecule has 0 amide bonds. The van der Waals surface area contributed by atoms with E-state index in [0.29, 0.717) is 0 Å². The Labute approximate surface area is 194 Å². The summed E-state index contributed by atoms with van der Waals surface area (Å²) in [5, 5.41) is -0.0859. The number of rotatable bonds is 3. The average molecular weight is 501 g/mol. The number of hydrogen-bond donors (Lipinski definition) is 1. The number of halogens is 6. The lowest BCUT2D eigenvalue weighted by Gasteiger charge is -2.36. The summed E-state index contributed by atoms with van der Waals surface area (Å²) in [6, 6.07) is 4.74. The summed E-state index contributed by atoms with van der Waals surface area (Å²) in [6.45, 7) is 6.42. The van der Waals surface area contributed by atoms with Crippen LogP contribution in [0.4, 0.5) is 27.6 Å². The van der Waals surface area contributed by atoms with Crippen LogP contribution in [-0.2, 0) is 10.3 Å². The molecular formula is C21H14ClF5N4OS. The second-order valence-electron chi connectivity index (χ2n) is 7.43. The molecule has 1 aromatic heterocycles. The summed E-state index contributed by atoms with van der Waals surface area (Å²) in [5.74, 6) is -2.97. The van der Waals surface area contributed by atoms with Crippen LogP contribution in [0.2, 0.25) is 5.02 Å². The number of ether oxygens (including phenoxy) is 1. The standard InChI is InChI=1S/C21H14ClF5N4OS/c1-29-11-6-14(22)17(30-7-11)16(24)5-10-2-3-15(23)12(4-10)20-9-32-18(21(25,26)27)13(20)8-33-19(28)31-20/h2-7,13,18H,8-9H2,(H2,28,31)/b16-5-/t13-,18+,20-/m1/s1. The van der Waals surface area contributed by atoms with Gasteiger partial charge in [0.25, 0.3) is 0 Å². The fourth-order valence-corrected chi connectivity index (χ4v) is 5.22.